The molecular formula is C16H12Cl2N4OS. The van der Waals surface area contributed by atoms with Crippen LogP contribution in [0.4, 0.5) is 5.13 Å². The predicted molar refractivity (Wildman–Crippen MR) is 96.7 cm³/mol. The fraction of sp³-hybridized carbons (Fsp3) is 0.125. The highest BCUT2D eigenvalue weighted by molar-refractivity contribution is 7.14. The number of anilines is 1. The molecule has 0 saturated carbocycles. The number of pyridine rings is 2. The van der Waals surface area contributed by atoms with Crippen molar-refractivity contribution in [1.29, 1.82) is 0 Å². The van der Waals surface area contributed by atoms with E-state index in [2.05, 4.69) is 20.3 Å². The Balaban J connectivity index is 1.71. The Morgan fingerprint density at radius 1 is 1.25 bits per heavy atom. The van der Waals surface area contributed by atoms with Gasteiger partial charge in [0.15, 0.2) is 5.13 Å². The van der Waals surface area contributed by atoms with Crippen molar-refractivity contribution in [3.63, 3.8) is 0 Å². The van der Waals surface area contributed by atoms with Crippen LogP contribution in [0, 0.1) is 6.92 Å². The van der Waals surface area contributed by atoms with E-state index in [0.29, 0.717) is 27.1 Å². The monoisotopic (exact) mass is 378 g/mol. The first-order chi connectivity index (χ1) is 11.5. The van der Waals surface area contributed by atoms with E-state index in [1.165, 1.54) is 11.3 Å². The van der Waals surface area contributed by atoms with Crippen LogP contribution in [-0.4, -0.2) is 20.9 Å². The van der Waals surface area contributed by atoms with Crippen molar-refractivity contribution in [2.24, 2.45) is 0 Å². The summed E-state index contributed by atoms with van der Waals surface area (Å²) in [4.78, 5) is 24.9. The first kappa shape index (κ1) is 16.8. The van der Waals surface area contributed by atoms with Gasteiger partial charge in [-0.05, 0) is 25.1 Å². The predicted octanol–water partition coefficient (Wildman–Crippen LogP) is 4.40. The molecule has 1 N–H and O–H groups in total. The molecule has 3 aromatic heterocycles. The zero-order valence-electron chi connectivity index (χ0n) is 12.6. The molecule has 0 aliphatic rings. The number of carbonyl (C=O) groups is 1. The van der Waals surface area contributed by atoms with Gasteiger partial charge in [0.05, 0.1) is 12.1 Å². The quantitative estimate of drug-likeness (QED) is 0.683. The van der Waals surface area contributed by atoms with Crippen LogP contribution in [-0.2, 0) is 11.2 Å². The Labute approximate surface area is 152 Å². The molecule has 0 unspecified atom stereocenters. The maximum Gasteiger partial charge on any atom is 0.230 e. The number of rotatable bonds is 4. The average molecular weight is 379 g/mol. The molecule has 0 aliphatic carbocycles. The van der Waals surface area contributed by atoms with Crippen LogP contribution in [0.25, 0.3) is 11.4 Å². The van der Waals surface area contributed by atoms with Crippen LogP contribution < -0.4 is 5.32 Å². The van der Waals surface area contributed by atoms with Crippen molar-refractivity contribution in [3.8, 4) is 11.4 Å². The summed E-state index contributed by atoms with van der Waals surface area (Å²) in [6.07, 6.45) is 1.73. The molecule has 122 valence electrons. The molecule has 3 heterocycles. The lowest BCUT2D eigenvalue weighted by Crippen LogP contribution is -2.15. The molecule has 8 heteroatoms. The molecule has 3 rings (SSSR count). The number of hydrogen-bond donors (Lipinski definition) is 1. The van der Waals surface area contributed by atoms with Crippen molar-refractivity contribution >= 4 is 45.6 Å². The molecular weight excluding hydrogens is 367 g/mol. The van der Waals surface area contributed by atoms with Crippen LogP contribution in [0.15, 0.2) is 35.8 Å². The minimum atomic E-state index is -0.258. The molecule has 3 aromatic rings. The zero-order valence-corrected chi connectivity index (χ0v) is 14.9. The van der Waals surface area contributed by atoms with Crippen LogP contribution in [0.1, 0.15) is 11.3 Å². The summed E-state index contributed by atoms with van der Waals surface area (Å²) < 4.78 is 0. The molecule has 0 bridgehead atoms. The molecule has 0 aliphatic heterocycles. The minimum absolute atomic E-state index is 0.0312. The third kappa shape index (κ3) is 3.90. The van der Waals surface area contributed by atoms with Crippen LogP contribution in [0.2, 0.25) is 10.2 Å². The summed E-state index contributed by atoms with van der Waals surface area (Å²) in [5, 5.41) is 5.74. The second-order valence-electron chi connectivity index (χ2n) is 4.99. The maximum atomic E-state index is 12.2. The van der Waals surface area contributed by atoms with Crippen LogP contribution >= 0.6 is 34.5 Å². The van der Waals surface area contributed by atoms with Gasteiger partial charge in [0.2, 0.25) is 5.91 Å². The summed E-state index contributed by atoms with van der Waals surface area (Å²) in [6.45, 7) is 1.79. The first-order valence-corrected chi connectivity index (χ1v) is 8.65. The smallest absolute Gasteiger partial charge is 0.230 e. The Hall–Kier alpha value is -2.02. The van der Waals surface area contributed by atoms with Gasteiger partial charge in [-0.1, -0.05) is 29.3 Å². The standard InChI is InChI=1S/C16H12Cl2N4OS/c1-9-6-11(17)10(15(18)20-9)7-14(23)22-16-21-13(8-24-16)12-4-2-3-5-19-12/h2-6,8H,7H2,1H3,(H,21,22,23). The first-order valence-electron chi connectivity index (χ1n) is 7.01. The number of nitrogens with zero attached hydrogens (tertiary/aromatic N) is 3. The summed E-state index contributed by atoms with van der Waals surface area (Å²) in [5.74, 6) is -0.258. The molecule has 0 spiro atoms. The van der Waals surface area contributed by atoms with Gasteiger partial charge in [-0.25, -0.2) is 9.97 Å². The lowest BCUT2D eigenvalue weighted by atomic mass is 10.2. The van der Waals surface area contributed by atoms with Crippen molar-refractivity contribution in [2.45, 2.75) is 13.3 Å². The second-order valence-corrected chi connectivity index (χ2v) is 6.62. The highest BCUT2D eigenvalue weighted by Crippen LogP contribution is 2.26. The van der Waals surface area contributed by atoms with E-state index in [0.717, 1.165) is 5.69 Å². The van der Waals surface area contributed by atoms with Crippen molar-refractivity contribution < 1.29 is 4.79 Å². The minimum Gasteiger partial charge on any atom is -0.302 e. The van der Waals surface area contributed by atoms with E-state index in [9.17, 15) is 4.79 Å². The maximum absolute atomic E-state index is 12.2. The number of amides is 1. The van der Waals surface area contributed by atoms with Crippen LogP contribution in [0.5, 0.6) is 0 Å². The summed E-state index contributed by atoms with van der Waals surface area (Å²) in [6, 6.07) is 7.26. The van der Waals surface area contributed by atoms with Gasteiger partial charge in [0, 0.05) is 27.9 Å². The Bertz CT molecular complexity index is 860. The molecule has 1 amide bonds. The van der Waals surface area contributed by atoms with E-state index in [1.807, 2.05) is 23.6 Å². The number of nitrogens with one attached hydrogen (secondary N) is 1. The van der Waals surface area contributed by atoms with Crippen molar-refractivity contribution in [1.82, 2.24) is 15.0 Å². The summed E-state index contributed by atoms with van der Waals surface area (Å²) >= 11 is 13.5. The number of aromatic nitrogens is 3. The Kier molecular flexibility index (Phi) is 5.08. The number of thiazole rings is 1. The zero-order chi connectivity index (χ0) is 17.1. The fourth-order valence-electron chi connectivity index (χ4n) is 2.07. The SMILES string of the molecule is Cc1cc(Cl)c(CC(=O)Nc2nc(-c3ccccn3)cs2)c(Cl)n1. The molecule has 0 radical (unpaired) electrons. The highest BCUT2D eigenvalue weighted by atomic mass is 35.5. The molecule has 0 aromatic carbocycles. The summed E-state index contributed by atoms with van der Waals surface area (Å²) in [5.41, 5.74) is 2.67. The second kappa shape index (κ2) is 7.25. The molecule has 0 fully saturated rings. The normalized spacial score (nSPS) is 10.6. The van der Waals surface area contributed by atoms with Gasteiger partial charge in [0.25, 0.3) is 0 Å². The van der Waals surface area contributed by atoms with Gasteiger partial charge in [-0.2, -0.15) is 0 Å². The van der Waals surface area contributed by atoms with Gasteiger partial charge in [0.1, 0.15) is 10.8 Å². The van der Waals surface area contributed by atoms with Gasteiger partial charge in [-0.3, -0.25) is 9.78 Å². The fourth-order valence-corrected chi connectivity index (χ4v) is 3.45. The lowest BCUT2D eigenvalue weighted by molar-refractivity contribution is -0.115. The molecule has 0 atom stereocenters. The Morgan fingerprint density at radius 3 is 2.79 bits per heavy atom. The molecule has 24 heavy (non-hydrogen) atoms. The molecule has 0 saturated heterocycles. The van der Waals surface area contributed by atoms with Gasteiger partial charge in [-0.15, -0.1) is 11.3 Å². The van der Waals surface area contributed by atoms with E-state index < -0.39 is 0 Å². The highest BCUT2D eigenvalue weighted by Gasteiger charge is 2.14. The van der Waals surface area contributed by atoms with E-state index >= 15 is 0 Å². The van der Waals surface area contributed by atoms with E-state index in [4.69, 9.17) is 23.2 Å². The third-order valence-electron chi connectivity index (χ3n) is 3.16. The lowest BCUT2D eigenvalue weighted by Gasteiger charge is -2.07. The van der Waals surface area contributed by atoms with Crippen molar-refractivity contribution in [2.75, 3.05) is 5.32 Å². The Morgan fingerprint density at radius 2 is 2.08 bits per heavy atom. The third-order valence-corrected chi connectivity index (χ3v) is 4.57. The van der Waals surface area contributed by atoms with Crippen LogP contribution in [0.3, 0.4) is 0 Å². The topological polar surface area (TPSA) is 67.8 Å². The number of hydrogen-bond acceptors (Lipinski definition) is 5. The average Bonchev–Trinajstić information content (AvgIpc) is 3.00. The van der Waals surface area contributed by atoms with E-state index in [1.54, 1.807) is 19.2 Å². The molecule has 5 nitrogen and oxygen atoms in total. The number of carbonyl (C=O) groups excluding carboxylic acids is 1. The number of aryl methyl sites for hydroxylation is 1. The number of halogens is 2. The van der Waals surface area contributed by atoms with E-state index in [-0.39, 0.29) is 17.5 Å². The van der Waals surface area contributed by atoms with Gasteiger partial charge >= 0.3 is 0 Å². The van der Waals surface area contributed by atoms with Gasteiger partial charge < -0.3 is 5.32 Å². The van der Waals surface area contributed by atoms with Crippen molar-refractivity contribution in [3.05, 3.63) is 57.3 Å². The largest absolute Gasteiger partial charge is 0.302 e. The summed E-state index contributed by atoms with van der Waals surface area (Å²) in [7, 11) is 0.